The van der Waals surface area contributed by atoms with Crippen LogP contribution in [-0.2, 0) is 0 Å². The van der Waals surface area contributed by atoms with Crippen molar-refractivity contribution in [3.63, 3.8) is 0 Å². The summed E-state index contributed by atoms with van der Waals surface area (Å²) >= 11 is 0. The van der Waals surface area contributed by atoms with E-state index in [0.717, 1.165) is 37.5 Å². The number of nitrogens with zero attached hydrogens (tertiary/aromatic N) is 1. The van der Waals surface area contributed by atoms with Gasteiger partial charge in [0.25, 0.3) is 0 Å². The van der Waals surface area contributed by atoms with E-state index in [2.05, 4.69) is 19.1 Å². The lowest BCUT2D eigenvalue weighted by molar-refractivity contribution is 0.287. The summed E-state index contributed by atoms with van der Waals surface area (Å²) in [7, 11) is 0. The Morgan fingerprint density at radius 3 is 2.00 bits per heavy atom. The van der Waals surface area contributed by atoms with Gasteiger partial charge in [-0.15, -0.1) is 0 Å². The van der Waals surface area contributed by atoms with Gasteiger partial charge < -0.3 is 0 Å². The first-order valence-electron chi connectivity index (χ1n) is 10.2. The molecule has 0 radical (unpaired) electrons. The summed E-state index contributed by atoms with van der Waals surface area (Å²) in [5, 5.41) is 8.52. The highest BCUT2D eigenvalue weighted by atomic mass is 19.1. The standard InChI is InChI=1S/C22H34FN/c1-2-3-4-5-18-6-8-19(9-7-18)10-11-20-12-14-21(15-13-20)16-22(23)17-24/h10-11,16,18-21H,2-9,12-15H2,1H3/t18-,19-,20-,21-. The Kier molecular flexibility index (Phi) is 8.57. The minimum atomic E-state index is -0.607. The second-order valence-corrected chi connectivity index (χ2v) is 7.96. The zero-order valence-electron chi connectivity index (χ0n) is 15.4. The Hall–Kier alpha value is -1.10. The molecule has 0 spiro atoms. The van der Waals surface area contributed by atoms with Crippen LogP contribution in [0.2, 0.25) is 0 Å². The van der Waals surface area contributed by atoms with Crippen LogP contribution in [0.15, 0.2) is 24.1 Å². The van der Waals surface area contributed by atoms with Gasteiger partial charge >= 0.3 is 0 Å². The minimum absolute atomic E-state index is 0.271. The fourth-order valence-electron chi connectivity index (χ4n) is 4.41. The number of nitriles is 1. The zero-order chi connectivity index (χ0) is 17.2. The molecule has 0 aliphatic heterocycles. The van der Waals surface area contributed by atoms with E-state index < -0.39 is 5.83 Å². The molecule has 0 aromatic rings. The number of halogens is 1. The van der Waals surface area contributed by atoms with Crippen LogP contribution in [0.1, 0.15) is 84.0 Å². The lowest BCUT2D eigenvalue weighted by atomic mass is 9.78. The van der Waals surface area contributed by atoms with Crippen molar-refractivity contribution in [2.24, 2.45) is 23.7 Å². The molecule has 1 nitrogen and oxygen atoms in total. The molecule has 2 aliphatic carbocycles. The number of rotatable bonds is 7. The van der Waals surface area contributed by atoms with Crippen LogP contribution in [-0.4, -0.2) is 0 Å². The van der Waals surface area contributed by atoms with E-state index in [1.165, 1.54) is 57.4 Å². The summed E-state index contributed by atoms with van der Waals surface area (Å²) in [4.78, 5) is 0. The van der Waals surface area contributed by atoms with Gasteiger partial charge in [0.2, 0.25) is 0 Å². The summed E-state index contributed by atoms with van der Waals surface area (Å²) in [6.07, 6.45) is 22.0. The Morgan fingerprint density at radius 2 is 1.46 bits per heavy atom. The quantitative estimate of drug-likeness (QED) is 0.277. The molecule has 0 saturated heterocycles. The molecule has 2 saturated carbocycles. The maximum atomic E-state index is 13.0. The first kappa shape index (κ1) is 19.2. The molecule has 0 atom stereocenters. The maximum absolute atomic E-state index is 13.0. The van der Waals surface area contributed by atoms with Gasteiger partial charge in [-0.3, -0.25) is 0 Å². The number of allylic oxidation sites excluding steroid dienone is 4. The minimum Gasteiger partial charge on any atom is -0.195 e. The maximum Gasteiger partial charge on any atom is 0.196 e. The molecule has 0 aromatic carbocycles. The highest BCUT2D eigenvalue weighted by Gasteiger charge is 2.21. The Balaban J connectivity index is 1.64. The molecule has 0 unspecified atom stereocenters. The van der Waals surface area contributed by atoms with Gasteiger partial charge in [0.15, 0.2) is 5.83 Å². The van der Waals surface area contributed by atoms with Gasteiger partial charge in [0.05, 0.1) is 0 Å². The second-order valence-electron chi connectivity index (χ2n) is 7.96. The summed E-state index contributed by atoms with van der Waals surface area (Å²) in [5.74, 6) is 2.11. The lowest BCUT2D eigenvalue weighted by Gasteiger charge is -2.28. The smallest absolute Gasteiger partial charge is 0.195 e. The van der Waals surface area contributed by atoms with Crippen molar-refractivity contribution >= 4 is 0 Å². The van der Waals surface area contributed by atoms with Crippen molar-refractivity contribution in [2.45, 2.75) is 84.0 Å². The highest BCUT2D eigenvalue weighted by Crippen LogP contribution is 2.35. The third kappa shape index (κ3) is 6.80. The molecule has 0 heterocycles. The molecule has 0 bridgehead atoms. The van der Waals surface area contributed by atoms with Crippen LogP contribution in [0, 0.1) is 35.0 Å². The lowest BCUT2D eigenvalue weighted by Crippen LogP contribution is -2.14. The van der Waals surface area contributed by atoms with E-state index in [9.17, 15) is 4.39 Å². The van der Waals surface area contributed by atoms with Gasteiger partial charge in [-0.25, -0.2) is 0 Å². The van der Waals surface area contributed by atoms with Gasteiger partial charge in [-0.2, -0.15) is 9.65 Å². The van der Waals surface area contributed by atoms with Crippen molar-refractivity contribution in [2.75, 3.05) is 0 Å². The van der Waals surface area contributed by atoms with E-state index in [-0.39, 0.29) is 5.92 Å². The Labute approximate surface area is 148 Å². The molecule has 0 aromatic heterocycles. The second kappa shape index (κ2) is 10.7. The van der Waals surface area contributed by atoms with Gasteiger partial charge in [-0.1, -0.05) is 44.8 Å². The predicted molar refractivity (Wildman–Crippen MR) is 99.0 cm³/mol. The van der Waals surface area contributed by atoms with Crippen LogP contribution in [0.3, 0.4) is 0 Å². The third-order valence-corrected chi connectivity index (χ3v) is 6.07. The highest BCUT2D eigenvalue weighted by molar-refractivity contribution is 5.13. The van der Waals surface area contributed by atoms with Crippen LogP contribution in [0.5, 0.6) is 0 Å². The molecule has 134 valence electrons. The number of hydrogen-bond donors (Lipinski definition) is 0. The molecule has 24 heavy (non-hydrogen) atoms. The molecule has 2 fully saturated rings. The van der Waals surface area contributed by atoms with Crippen molar-refractivity contribution in [3.8, 4) is 6.07 Å². The Morgan fingerprint density at radius 1 is 0.917 bits per heavy atom. The molecule has 0 amide bonds. The normalized spacial score (nSPS) is 32.0. The number of hydrogen-bond acceptors (Lipinski definition) is 1. The predicted octanol–water partition coefficient (Wildman–Crippen LogP) is 7.11. The Bertz CT molecular complexity index is 443. The van der Waals surface area contributed by atoms with Gasteiger partial charge in [0, 0.05) is 0 Å². The largest absolute Gasteiger partial charge is 0.196 e. The third-order valence-electron chi connectivity index (χ3n) is 6.07. The van der Waals surface area contributed by atoms with E-state index in [1.807, 2.05) is 0 Å². The van der Waals surface area contributed by atoms with E-state index in [0.29, 0.717) is 5.92 Å². The van der Waals surface area contributed by atoms with Crippen LogP contribution in [0.4, 0.5) is 4.39 Å². The average Bonchev–Trinajstić information content (AvgIpc) is 2.62. The van der Waals surface area contributed by atoms with Crippen molar-refractivity contribution in [1.29, 1.82) is 5.26 Å². The first-order valence-corrected chi connectivity index (χ1v) is 10.2. The van der Waals surface area contributed by atoms with Gasteiger partial charge in [0.1, 0.15) is 6.07 Å². The van der Waals surface area contributed by atoms with E-state index >= 15 is 0 Å². The monoisotopic (exact) mass is 331 g/mol. The molecule has 2 heteroatoms. The van der Waals surface area contributed by atoms with Crippen molar-refractivity contribution in [3.05, 3.63) is 24.1 Å². The molecule has 0 N–H and O–H groups in total. The fourth-order valence-corrected chi connectivity index (χ4v) is 4.41. The molecular weight excluding hydrogens is 297 g/mol. The molecule has 2 aliphatic rings. The average molecular weight is 332 g/mol. The van der Waals surface area contributed by atoms with Crippen LogP contribution < -0.4 is 0 Å². The van der Waals surface area contributed by atoms with Crippen molar-refractivity contribution in [1.82, 2.24) is 0 Å². The molecular formula is C22H34FN. The topological polar surface area (TPSA) is 23.8 Å². The summed E-state index contributed by atoms with van der Waals surface area (Å²) in [6, 6.07) is 1.59. The fraction of sp³-hybridized carbons (Fsp3) is 0.773. The van der Waals surface area contributed by atoms with Crippen LogP contribution >= 0.6 is 0 Å². The summed E-state index contributed by atoms with van der Waals surface area (Å²) in [6.45, 7) is 2.28. The zero-order valence-corrected chi connectivity index (χ0v) is 15.4. The SMILES string of the molecule is CCCCC[C@H]1CC[C@H](C=C[C@H]2CC[C@H](C=C(F)C#N)CC2)CC1. The summed E-state index contributed by atoms with van der Waals surface area (Å²) in [5.41, 5.74) is 0. The van der Waals surface area contributed by atoms with E-state index in [1.54, 1.807) is 6.07 Å². The van der Waals surface area contributed by atoms with E-state index in [4.69, 9.17) is 5.26 Å². The summed E-state index contributed by atoms with van der Waals surface area (Å²) < 4.78 is 13.0. The van der Waals surface area contributed by atoms with Gasteiger partial charge in [-0.05, 0) is 81.1 Å². The number of unbranched alkanes of at least 4 members (excludes halogenated alkanes) is 2. The van der Waals surface area contributed by atoms with Crippen molar-refractivity contribution < 1.29 is 4.39 Å². The first-order chi connectivity index (χ1) is 11.7. The molecule has 2 rings (SSSR count). The van der Waals surface area contributed by atoms with Crippen LogP contribution in [0.25, 0.3) is 0 Å².